The molecule has 4 rings (SSSR count). The Morgan fingerprint density at radius 3 is 2.44 bits per heavy atom. The molecule has 1 aromatic heterocycles. The highest BCUT2D eigenvalue weighted by atomic mass is 16.2. The van der Waals surface area contributed by atoms with Gasteiger partial charge in [0.25, 0.3) is 0 Å². The first-order valence-electron chi connectivity index (χ1n) is 11.3. The number of nitrogens with one attached hydrogen (secondary N) is 3. The first-order valence-corrected chi connectivity index (χ1v) is 11.3. The fourth-order valence-electron chi connectivity index (χ4n) is 4.22. The van der Waals surface area contributed by atoms with Crippen LogP contribution in [0, 0.1) is 5.92 Å². The molecule has 1 aliphatic heterocycles. The molecule has 0 saturated carbocycles. The fraction of sp³-hybridized carbons (Fsp3) is 0.400. The summed E-state index contributed by atoms with van der Waals surface area (Å²) in [6, 6.07) is 16.9. The number of hydrogen-bond acceptors (Lipinski definition) is 3. The summed E-state index contributed by atoms with van der Waals surface area (Å²) in [5, 5.41) is 5.73. The van der Waals surface area contributed by atoms with Gasteiger partial charge in [-0.1, -0.05) is 56.3 Å². The van der Waals surface area contributed by atoms with Gasteiger partial charge in [0.05, 0.1) is 11.0 Å². The second kappa shape index (κ2) is 9.85. The molecule has 2 aromatic carbocycles. The molecule has 3 N–H and O–H groups in total. The second-order valence-corrected chi connectivity index (χ2v) is 8.77. The number of carbonyl (C=O) groups is 2. The van der Waals surface area contributed by atoms with E-state index in [1.807, 2.05) is 73.3 Å². The molecule has 0 radical (unpaired) electrons. The summed E-state index contributed by atoms with van der Waals surface area (Å²) >= 11 is 0. The largest absolute Gasteiger partial charge is 0.342 e. The van der Waals surface area contributed by atoms with E-state index >= 15 is 0 Å². The molecule has 168 valence electrons. The van der Waals surface area contributed by atoms with Crippen molar-refractivity contribution >= 4 is 23.0 Å². The summed E-state index contributed by atoms with van der Waals surface area (Å²) in [4.78, 5) is 35.7. The Morgan fingerprint density at radius 2 is 1.75 bits per heavy atom. The van der Waals surface area contributed by atoms with E-state index in [4.69, 9.17) is 4.98 Å². The molecular weight excluding hydrogens is 402 g/mol. The number of urea groups is 1. The minimum Gasteiger partial charge on any atom is -0.342 e. The maximum Gasteiger partial charge on any atom is 0.315 e. The number of imidazole rings is 1. The number of fused-ring (bicyclic) bond motifs is 1. The Hall–Kier alpha value is -3.35. The van der Waals surface area contributed by atoms with Crippen LogP contribution in [0.2, 0.25) is 0 Å². The van der Waals surface area contributed by atoms with Crippen molar-refractivity contribution < 1.29 is 9.59 Å². The normalized spacial score (nSPS) is 15.7. The highest BCUT2D eigenvalue weighted by Gasteiger charge is 2.32. The minimum absolute atomic E-state index is 0.00179. The van der Waals surface area contributed by atoms with Gasteiger partial charge in [0, 0.05) is 25.6 Å². The van der Waals surface area contributed by atoms with Gasteiger partial charge >= 0.3 is 6.03 Å². The minimum atomic E-state index is -0.548. The third-order valence-electron chi connectivity index (χ3n) is 6.12. The monoisotopic (exact) mass is 433 g/mol. The zero-order chi connectivity index (χ0) is 22.5. The molecule has 0 bridgehead atoms. The molecule has 1 atom stereocenters. The van der Waals surface area contributed by atoms with E-state index in [-0.39, 0.29) is 17.9 Å². The van der Waals surface area contributed by atoms with E-state index in [0.29, 0.717) is 25.6 Å². The lowest BCUT2D eigenvalue weighted by molar-refractivity contribution is -0.135. The lowest BCUT2D eigenvalue weighted by atomic mass is 9.94. The smallest absolute Gasteiger partial charge is 0.315 e. The number of rotatable bonds is 6. The first-order chi connectivity index (χ1) is 15.5. The maximum absolute atomic E-state index is 13.2. The number of para-hydroxylation sites is 2. The molecule has 3 amide bonds. The van der Waals surface area contributed by atoms with E-state index < -0.39 is 6.04 Å². The van der Waals surface area contributed by atoms with Crippen molar-refractivity contribution in [2.75, 3.05) is 13.1 Å². The van der Waals surface area contributed by atoms with Crippen LogP contribution in [0.25, 0.3) is 11.0 Å². The lowest BCUT2D eigenvalue weighted by Crippen LogP contribution is -2.54. The highest BCUT2D eigenvalue weighted by molar-refractivity contribution is 5.87. The van der Waals surface area contributed by atoms with E-state index in [9.17, 15) is 9.59 Å². The van der Waals surface area contributed by atoms with Crippen molar-refractivity contribution in [2.45, 2.75) is 45.2 Å². The summed E-state index contributed by atoms with van der Waals surface area (Å²) in [6.07, 6.45) is 1.72. The van der Waals surface area contributed by atoms with Gasteiger partial charge in [0.1, 0.15) is 11.9 Å². The Bertz CT molecular complexity index is 1020. The Morgan fingerprint density at radius 1 is 1.06 bits per heavy atom. The number of hydrogen-bond donors (Lipinski definition) is 3. The van der Waals surface area contributed by atoms with E-state index in [1.54, 1.807) is 0 Å². The zero-order valence-electron chi connectivity index (χ0n) is 18.7. The van der Waals surface area contributed by atoms with E-state index in [2.05, 4.69) is 15.6 Å². The summed E-state index contributed by atoms with van der Waals surface area (Å²) in [6.45, 7) is 5.67. The SMILES string of the molecule is CC(C)[C@H](NC(=O)NCc1ccccc1)C(=O)N1CCC(c2nc3ccccc3[nH]2)CC1. The van der Waals surface area contributed by atoms with Crippen LogP contribution in [0.15, 0.2) is 54.6 Å². The maximum atomic E-state index is 13.2. The quantitative estimate of drug-likeness (QED) is 0.552. The van der Waals surface area contributed by atoms with Crippen LogP contribution in [0.3, 0.4) is 0 Å². The summed E-state index contributed by atoms with van der Waals surface area (Å²) in [5.74, 6) is 1.29. The van der Waals surface area contributed by atoms with Gasteiger partial charge in [-0.05, 0) is 36.5 Å². The molecule has 3 aromatic rings. The van der Waals surface area contributed by atoms with Gasteiger partial charge in [-0.15, -0.1) is 0 Å². The summed E-state index contributed by atoms with van der Waals surface area (Å²) in [5.41, 5.74) is 3.04. The van der Waals surface area contributed by atoms with Gasteiger partial charge < -0.3 is 20.5 Å². The number of aromatic nitrogens is 2. The van der Waals surface area contributed by atoms with Crippen molar-refractivity contribution in [3.63, 3.8) is 0 Å². The molecule has 0 aliphatic carbocycles. The molecule has 1 saturated heterocycles. The number of nitrogens with zero attached hydrogens (tertiary/aromatic N) is 2. The van der Waals surface area contributed by atoms with E-state index in [1.165, 1.54) is 0 Å². The average Bonchev–Trinajstić information content (AvgIpc) is 3.26. The van der Waals surface area contributed by atoms with Crippen LogP contribution in [0.1, 0.15) is 44.0 Å². The molecule has 1 fully saturated rings. The summed E-state index contributed by atoms with van der Waals surface area (Å²) in [7, 11) is 0. The first kappa shape index (κ1) is 21.9. The molecule has 7 heteroatoms. The molecule has 1 aliphatic rings. The Labute approximate surface area is 188 Å². The fourth-order valence-corrected chi connectivity index (χ4v) is 4.22. The standard InChI is InChI=1S/C25H31N5O2/c1-17(2)22(29-25(32)26-16-18-8-4-3-5-9-18)24(31)30-14-12-19(13-15-30)23-27-20-10-6-7-11-21(20)28-23/h3-11,17,19,22H,12-16H2,1-2H3,(H,27,28)(H2,26,29,32)/t22-/m0/s1. The highest BCUT2D eigenvalue weighted by Crippen LogP contribution is 2.28. The molecular formula is C25H31N5O2. The van der Waals surface area contributed by atoms with Crippen LogP contribution < -0.4 is 10.6 Å². The third kappa shape index (κ3) is 5.10. The van der Waals surface area contributed by atoms with Crippen LogP contribution >= 0.6 is 0 Å². The third-order valence-corrected chi connectivity index (χ3v) is 6.12. The number of likely N-dealkylation sites (tertiary alicyclic amines) is 1. The zero-order valence-corrected chi connectivity index (χ0v) is 18.7. The topological polar surface area (TPSA) is 90.1 Å². The van der Waals surface area contributed by atoms with Crippen molar-refractivity contribution in [3.05, 3.63) is 66.0 Å². The number of H-pyrrole nitrogens is 1. The predicted octanol–water partition coefficient (Wildman–Crippen LogP) is 3.79. The van der Waals surface area contributed by atoms with Gasteiger partial charge in [0.2, 0.25) is 5.91 Å². The molecule has 0 spiro atoms. The van der Waals surface area contributed by atoms with Crippen LogP contribution in [0.5, 0.6) is 0 Å². The molecule has 7 nitrogen and oxygen atoms in total. The van der Waals surface area contributed by atoms with Crippen molar-refractivity contribution in [2.24, 2.45) is 5.92 Å². The van der Waals surface area contributed by atoms with Crippen molar-refractivity contribution in [1.82, 2.24) is 25.5 Å². The number of carbonyl (C=O) groups excluding carboxylic acids is 2. The van der Waals surface area contributed by atoms with Gasteiger partial charge in [-0.2, -0.15) is 0 Å². The van der Waals surface area contributed by atoms with Gasteiger partial charge in [-0.3, -0.25) is 4.79 Å². The molecule has 32 heavy (non-hydrogen) atoms. The van der Waals surface area contributed by atoms with Crippen LogP contribution in [0.4, 0.5) is 4.79 Å². The van der Waals surface area contributed by atoms with Gasteiger partial charge in [-0.25, -0.2) is 9.78 Å². The average molecular weight is 434 g/mol. The number of benzene rings is 2. The molecule has 0 unspecified atom stereocenters. The van der Waals surface area contributed by atoms with Crippen molar-refractivity contribution in [1.29, 1.82) is 0 Å². The van der Waals surface area contributed by atoms with Gasteiger partial charge in [0.15, 0.2) is 0 Å². The predicted molar refractivity (Wildman–Crippen MR) is 125 cm³/mol. The molecule has 2 heterocycles. The van der Waals surface area contributed by atoms with E-state index in [0.717, 1.165) is 35.3 Å². The second-order valence-electron chi connectivity index (χ2n) is 8.77. The lowest BCUT2D eigenvalue weighted by Gasteiger charge is -2.35. The Kier molecular flexibility index (Phi) is 6.73. The number of aromatic amines is 1. The Balaban J connectivity index is 1.32. The van der Waals surface area contributed by atoms with Crippen LogP contribution in [-0.4, -0.2) is 45.9 Å². The van der Waals surface area contributed by atoms with Crippen LogP contribution in [-0.2, 0) is 11.3 Å². The summed E-state index contributed by atoms with van der Waals surface area (Å²) < 4.78 is 0. The van der Waals surface area contributed by atoms with Crippen molar-refractivity contribution in [3.8, 4) is 0 Å². The number of piperidine rings is 1. The number of amides is 3.